The van der Waals surface area contributed by atoms with Gasteiger partial charge in [0.2, 0.25) is 0 Å². The van der Waals surface area contributed by atoms with Crippen LogP contribution in [0.3, 0.4) is 0 Å². The van der Waals surface area contributed by atoms with Gasteiger partial charge < -0.3 is 10.2 Å². The Morgan fingerprint density at radius 1 is 1.41 bits per heavy atom. The molecule has 0 bridgehead atoms. The van der Waals surface area contributed by atoms with Crippen molar-refractivity contribution >= 4 is 11.8 Å². The molecule has 0 aromatic rings. The zero-order chi connectivity index (χ0) is 12.7. The average Bonchev–Trinajstić information content (AvgIpc) is 2.59. The maximum absolute atomic E-state index is 11.9. The highest BCUT2D eigenvalue weighted by molar-refractivity contribution is 6.35. The number of nitrogens with zero attached hydrogens (tertiary/aromatic N) is 2. The molecule has 0 aliphatic carbocycles. The van der Waals surface area contributed by atoms with Crippen LogP contribution in [0.5, 0.6) is 0 Å². The summed E-state index contributed by atoms with van der Waals surface area (Å²) in [6.07, 6.45) is 5.01. The molecule has 5 heteroatoms. The molecule has 1 saturated heterocycles. The lowest BCUT2D eigenvalue weighted by Gasteiger charge is -2.28. The molecule has 17 heavy (non-hydrogen) atoms. The van der Waals surface area contributed by atoms with Crippen molar-refractivity contribution in [2.24, 2.45) is 0 Å². The van der Waals surface area contributed by atoms with E-state index in [4.69, 9.17) is 5.26 Å². The summed E-state index contributed by atoms with van der Waals surface area (Å²) < 4.78 is 0. The minimum Gasteiger partial charge on any atom is -0.335 e. The minimum atomic E-state index is -0.660. The summed E-state index contributed by atoms with van der Waals surface area (Å²) >= 11 is 0. The summed E-state index contributed by atoms with van der Waals surface area (Å²) in [5.74, 6) is -1.15. The molecule has 1 aliphatic heterocycles. The van der Waals surface area contributed by atoms with Crippen LogP contribution in [0.25, 0.3) is 0 Å². The van der Waals surface area contributed by atoms with E-state index in [1.807, 2.05) is 6.92 Å². The first kappa shape index (κ1) is 13.5. The van der Waals surface area contributed by atoms with Gasteiger partial charge in [0.05, 0.1) is 6.07 Å². The Labute approximate surface area is 102 Å². The third-order valence-electron chi connectivity index (χ3n) is 3.13. The maximum atomic E-state index is 11.9. The van der Waals surface area contributed by atoms with Gasteiger partial charge in [-0.1, -0.05) is 19.8 Å². The Morgan fingerprint density at radius 3 is 2.82 bits per heavy atom. The van der Waals surface area contributed by atoms with E-state index in [0.29, 0.717) is 6.54 Å². The van der Waals surface area contributed by atoms with Crippen molar-refractivity contribution in [1.29, 1.82) is 5.26 Å². The molecule has 1 fully saturated rings. The standard InChI is InChI=1S/C12H19N3O2/c1-2-10-6-4-3-5-9-15(10)12(17)11(16)14-8-7-13/h10H,2-6,8-9H2,1H3,(H,14,16). The monoisotopic (exact) mass is 237 g/mol. The van der Waals surface area contributed by atoms with Crippen LogP contribution >= 0.6 is 0 Å². The number of carbonyl (C=O) groups excluding carboxylic acids is 2. The number of amides is 2. The Bertz CT molecular complexity index is 322. The fourth-order valence-corrected chi connectivity index (χ4v) is 2.20. The quantitative estimate of drug-likeness (QED) is 0.570. The van der Waals surface area contributed by atoms with Gasteiger partial charge in [-0.25, -0.2) is 0 Å². The van der Waals surface area contributed by atoms with Crippen molar-refractivity contribution in [2.45, 2.75) is 45.1 Å². The maximum Gasteiger partial charge on any atom is 0.312 e. The van der Waals surface area contributed by atoms with Crippen molar-refractivity contribution in [3.63, 3.8) is 0 Å². The summed E-state index contributed by atoms with van der Waals surface area (Å²) in [5, 5.41) is 10.7. The van der Waals surface area contributed by atoms with Crippen LogP contribution in [0.4, 0.5) is 0 Å². The average molecular weight is 237 g/mol. The Hall–Kier alpha value is -1.57. The number of hydrogen-bond donors (Lipinski definition) is 1. The van der Waals surface area contributed by atoms with Crippen LogP contribution in [0.1, 0.15) is 39.0 Å². The van der Waals surface area contributed by atoms with Crippen LogP contribution < -0.4 is 5.32 Å². The van der Waals surface area contributed by atoms with Gasteiger partial charge in [-0.3, -0.25) is 9.59 Å². The molecule has 0 radical (unpaired) electrons. The highest BCUT2D eigenvalue weighted by Crippen LogP contribution is 2.19. The van der Waals surface area contributed by atoms with Gasteiger partial charge in [0.25, 0.3) is 0 Å². The molecule has 0 saturated carbocycles. The topological polar surface area (TPSA) is 73.2 Å². The summed E-state index contributed by atoms with van der Waals surface area (Å²) in [6, 6.07) is 1.96. The molecule has 0 aromatic heterocycles. The highest BCUT2D eigenvalue weighted by atomic mass is 16.2. The van der Waals surface area contributed by atoms with Crippen molar-refractivity contribution in [3.8, 4) is 6.07 Å². The molecular weight excluding hydrogens is 218 g/mol. The second kappa shape index (κ2) is 6.89. The van der Waals surface area contributed by atoms with Gasteiger partial charge in [-0.2, -0.15) is 5.26 Å². The van der Waals surface area contributed by atoms with E-state index in [0.717, 1.165) is 32.1 Å². The number of likely N-dealkylation sites (tertiary alicyclic amines) is 1. The Morgan fingerprint density at radius 2 is 2.18 bits per heavy atom. The van der Waals surface area contributed by atoms with Crippen LogP contribution in [-0.2, 0) is 9.59 Å². The predicted molar refractivity (Wildman–Crippen MR) is 62.9 cm³/mol. The second-order valence-electron chi connectivity index (χ2n) is 4.25. The molecule has 1 N–H and O–H groups in total. The fraction of sp³-hybridized carbons (Fsp3) is 0.750. The van der Waals surface area contributed by atoms with Crippen LogP contribution in [0.2, 0.25) is 0 Å². The largest absolute Gasteiger partial charge is 0.335 e. The molecule has 1 atom stereocenters. The van der Waals surface area contributed by atoms with E-state index in [1.165, 1.54) is 0 Å². The van der Waals surface area contributed by atoms with E-state index in [-0.39, 0.29) is 12.6 Å². The minimum absolute atomic E-state index is 0.116. The molecule has 1 unspecified atom stereocenters. The van der Waals surface area contributed by atoms with Gasteiger partial charge in [-0.15, -0.1) is 0 Å². The van der Waals surface area contributed by atoms with Crippen LogP contribution in [-0.4, -0.2) is 35.8 Å². The first-order valence-corrected chi connectivity index (χ1v) is 6.16. The van der Waals surface area contributed by atoms with Crippen LogP contribution in [0, 0.1) is 11.3 Å². The Kier molecular flexibility index (Phi) is 5.47. The molecule has 0 aromatic carbocycles. The number of nitriles is 1. The van der Waals surface area contributed by atoms with E-state index in [2.05, 4.69) is 5.32 Å². The number of rotatable bonds is 2. The van der Waals surface area contributed by atoms with Gasteiger partial charge >= 0.3 is 11.8 Å². The number of carbonyl (C=O) groups is 2. The summed E-state index contributed by atoms with van der Waals surface area (Å²) in [4.78, 5) is 25.1. The zero-order valence-corrected chi connectivity index (χ0v) is 10.2. The molecule has 5 nitrogen and oxygen atoms in total. The highest BCUT2D eigenvalue weighted by Gasteiger charge is 2.28. The van der Waals surface area contributed by atoms with Crippen molar-refractivity contribution in [3.05, 3.63) is 0 Å². The van der Waals surface area contributed by atoms with E-state index < -0.39 is 11.8 Å². The fourth-order valence-electron chi connectivity index (χ4n) is 2.20. The normalized spacial score (nSPS) is 20.2. The SMILES string of the molecule is CCC1CCCCCN1C(=O)C(=O)NCC#N. The summed E-state index contributed by atoms with van der Waals surface area (Å²) in [5.41, 5.74) is 0. The molecular formula is C12H19N3O2. The smallest absolute Gasteiger partial charge is 0.312 e. The molecule has 94 valence electrons. The molecule has 1 heterocycles. The van der Waals surface area contributed by atoms with E-state index in [1.54, 1.807) is 11.0 Å². The van der Waals surface area contributed by atoms with Crippen molar-refractivity contribution in [2.75, 3.05) is 13.1 Å². The second-order valence-corrected chi connectivity index (χ2v) is 4.25. The zero-order valence-electron chi connectivity index (χ0n) is 10.2. The predicted octanol–water partition coefficient (Wildman–Crippen LogP) is 0.807. The summed E-state index contributed by atoms with van der Waals surface area (Å²) in [6.45, 7) is 2.57. The number of hydrogen-bond acceptors (Lipinski definition) is 3. The molecule has 1 rings (SSSR count). The molecule has 0 spiro atoms. The van der Waals surface area contributed by atoms with Crippen molar-refractivity contribution < 1.29 is 9.59 Å². The van der Waals surface area contributed by atoms with Gasteiger partial charge in [0.15, 0.2) is 0 Å². The van der Waals surface area contributed by atoms with Gasteiger partial charge in [-0.05, 0) is 19.3 Å². The van der Waals surface area contributed by atoms with Crippen molar-refractivity contribution in [1.82, 2.24) is 10.2 Å². The third kappa shape index (κ3) is 3.74. The molecule has 2 amide bonds. The number of nitrogens with one attached hydrogen (secondary N) is 1. The summed E-state index contributed by atoms with van der Waals surface area (Å²) in [7, 11) is 0. The third-order valence-corrected chi connectivity index (χ3v) is 3.13. The van der Waals surface area contributed by atoms with Gasteiger partial charge in [0.1, 0.15) is 6.54 Å². The molecule has 1 aliphatic rings. The van der Waals surface area contributed by atoms with Gasteiger partial charge in [0, 0.05) is 12.6 Å². The first-order chi connectivity index (χ1) is 8.20. The Balaban J connectivity index is 2.63. The van der Waals surface area contributed by atoms with E-state index in [9.17, 15) is 9.59 Å². The van der Waals surface area contributed by atoms with Crippen LogP contribution in [0.15, 0.2) is 0 Å². The first-order valence-electron chi connectivity index (χ1n) is 6.16. The lowest BCUT2D eigenvalue weighted by molar-refractivity contribution is -0.147. The lowest BCUT2D eigenvalue weighted by Crippen LogP contribution is -2.47. The lowest BCUT2D eigenvalue weighted by atomic mass is 10.1. The van der Waals surface area contributed by atoms with E-state index >= 15 is 0 Å².